The molecule has 0 aliphatic rings. The van der Waals surface area contributed by atoms with Gasteiger partial charge in [-0.25, -0.2) is 9.67 Å². The van der Waals surface area contributed by atoms with Gasteiger partial charge < -0.3 is 5.32 Å². The SMILES string of the molecule is O=C(Cc1cccs1)NCc1ccc(Cn2cncn2)cc1. The van der Waals surface area contributed by atoms with Gasteiger partial charge in [-0.2, -0.15) is 5.10 Å². The van der Waals surface area contributed by atoms with Crippen molar-refractivity contribution < 1.29 is 4.79 Å². The summed E-state index contributed by atoms with van der Waals surface area (Å²) >= 11 is 1.60. The first-order chi connectivity index (χ1) is 10.8. The van der Waals surface area contributed by atoms with Crippen LogP contribution in [0, 0.1) is 0 Å². The lowest BCUT2D eigenvalue weighted by Gasteiger charge is -2.06. The molecule has 5 nitrogen and oxygen atoms in total. The third-order valence-corrected chi connectivity index (χ3v) is 4.12. The molecule has 1 aromatic carbocycles. The first-order valence-electron chi connectivity index (χ1n) is 6.99. The van der Waals surface area contributed by atoms with Crippen LogP contribution in [0.1, 0.15) is 16.0 Å². The monoisotopic (exact) mass is 312 g/mol. The normalized spacial score (nSPS) is 10.5. The highest BCUT2D eigenvalue weighted by molar-refractivity contribution is 7.10. The van der Waals surface area contributed by atoms with Crippen molar-refractivity contribution in [2.75, 3.05) is 0 Å². The summed E-state index contributed by atoms with van der Waals surface area (Å²) in [5.41, 5.74) is 2.24. The van der Waals surface area contributed by atoms with Crippen LogP contribution < -0.4 is 5.32 Å². The molecule has 2 heterocycles. The Kier molecular flexibility index (Phi) is 4.60. The van der Waals surface area contributed by atoms with E-state index in [0.717, 1.165) is 16.0 Å². The predicted octanol–water partition coefficient (Wildman–Crippen LogP) is 2.25. The Balaban J connectivity index is 1.49. The Morgan fingerprint density at radius 1 is 1.18 bits per heavy atom. The number of hydrogen-bond acceptors (Lipinski definition) is 4. The summed E-state index contributed by atoms with van der Waals surface area (Å²) in [6.45, 7) is 1.25. The van der Waals surface area contributed by atoms with Crippen molar-refractivity contribution in [1.29, 1.82) is 0 Å². The molecular formula is C16H16N4OS. The molecule has 3 rings (SSSR count). The van der Waals surface area contributed by atoms with Gasteiger partial charge in [-0.3, -0.25) is 4.79 Å². The minimum absolute atomic E-state index is 0.0501. The van der Waals surface area contributed by atoms with Gasteiger partial charge in [0.25, 0.3) is 0 Å². The zero-order valence-corrected chi connectivity index (χ0v) is 12.8. The van der Waals surface area contributed by atoms with Crippen LogP contribution in [0.2, 0.25) is 0 Å². The molecule has 0 radical (unpaired) electrons. The second kappa shape index (κ2) is 7.00. The number of benzene rings is 1. The van der Waals surface area contributed by atoms with E-state index in [0.29, 0.717) is 19.5 Å². The van der Waals surface area contributed by atoms with Gasteiger partial charge in [-0.15, -0.1) is 11.3 Å². The lowest BCUT2D eigenvalue weighted by atomic mass is 10.1. The molecule has 22 heavy (non-hydrogen) atoms. The van der Waals surface area contributed by atoms with E-state index in [1.807, 2.05) is 41.8 Å². The van der Waals surface area contributed by atoms with Crippen molar-refractivity contribution in [1.82, 2.24) is 20.1 Å². The zero-order valence-electron chi connectivity index (χ0n) is 12.0. The smallest absolute Gasteiger partial charge is 0.225 e. The molecule has 3 aromatic rings. The van der Waals surface area contributed by atoms with Gasteiger partial charge in [0.2, 0.25) is 5.91 Å². The molecule has 0 bridgehead atoms. The molecule has 0 saturated carbocycles. The summed E-state index contributed by atoms with van der Waals surface area (Å²) in [5.74, 6) is 0.0501. The summed E-state index contributed by atoms with van der Waals surface area (Å²) in [5, 5.41) is 9.00. The summed E-state index contributed by atoms with van der Waals surface area (Å²) in [6, 6.07) is 12.1. The number of amides is 1. The maximum atomic E-state index is 11.8. The number of carbonyl (C=O) groups excluding carboxylic acids is 1. The van der Waals surface area contributed by atoms with Crippen LogP contribution in [0.15, 0.2) is 54.4 Å². The number of rotatable bonds is 6. The van der Waals surface area contributed by atoms with Crippen LogP contribution in [0.4, 0.5) is 0 Å². The molecule has 6 heteroatoms. The Bertz CT molecular complexity index is 705. The molecule has 1 N–H and O–H groups in total. The standard InChI is InChI=1S/C16H16N4OS/c21-16(8-15-2-1-7-22-15)18-9-13-3-5-14(6-4-13)10-20-12-17-11-19-20/h1-7,11-12H,8-10H2,(H,18,21). The topological polar surface area (TPSA) is 59.8 Å². The van der Waals surface area contributed by atoms with Crippen LogP contribution in [0.25, 0.3) is 0 Å². The second-order valence-corrected chi connectivity index (χ2v) is 5.97. The van der Waals surface area contributed by atoms with E-state index in [2.05, 4.69) is 15.4 Å². The quantitative estimate of drug-likeness (QED) is 0.759. The number of nitrogens with zero attached hydrogens (tertiary/aromatic N) is 3. The number of nitrogens with one attached hydrogen (secondary N) is 1. The van der Waals surface area contributed by atoms with E-state index in [1.54, 1.807) is 22.3 Å². The summed E-state index contributed by atoms with van der Waals surface area (Å²) < 4.78 is 1.78. The van der Waals surface area contributed by atoms with Gasteiger partial charge in [0.05, 0.1) is 13.0 Å². The molecule has 0 atom stereocenters. The molecule has 2 aromatic heterocycles. The van der Waals surface area contributed by atoms with Crippen molar-refractivity contribution in [3.63, 3.8) is 0 Å². The molecule has 0 fully saturated rings. The average Bonchev–Trinajstić information content (AvgIpc) is 3.20. The van der Waals surface area contributed by atoms with Crippen LogP contribution >= 0.6 is 11.3 Å². The Morgan fingerprint density at radius 3 is 2.68 bits per heavy atom. The predicted molar refractivity (Wildman–Crippen MR) is 85.4 cm³/mol. The van der Waals surface area contributed by atoms with E-state index in [1.165, 1.54) is 6.33 Å². The van der Waals surface area contributed by atoms with Crippen LogP contribution in [-0.4, -0.2) is 20.7 Å². The largest absolute Gasteiger partial charge is 0.352 e. The average molecular weight is 312 g/mol. The minimum Gasteiger partial charge on any atom is -0.352 e. The third kappa shape index (κ3) is 4.02. The van der Waals surface area contributed by atoms with E-state index >= 15 is 0 Å². The molecule has 112 valence electrons. The highest BCUT2D eigenvalue weighted by Gasteiger charge is 2.04. The highest BCUT2D eigenvalue weighted by atomic mass is 32.1. The number of hydrogen-bond donors (Lipinski definition) is 1. The molecule has 0 aliphatic heterocycles. The third-order valence-electron chi connectivity index (χ3n) is 3.24. The van der Waals surface area contributed by atoms with Crippen molar-refractivity contribution in [2.24, 2.45) is 0 Å². The van der Waals surface area contributed by atoms with Gasteiger partial charge >= 0.3 is 0 Å². The van der Waals surface area contributed by atoms with Crippen LogP contribution in [0.5, 0.6) is 0 Å². The fourth-order valence-electron chi connectivity index (χ4n) is 2.10. The van der Waals surface area contributed by atoms with Gasteiger partial charge in [0.15, 0.2) is 0 Å². The van der Waals surface area contributed by atoms with Crippen molar-refractivity contribution >= 4 is 17.2 Å². The van der Waals surface area contributed by atoms with Crippen LogP contribution in [-0.2, 0) is 24.3 Å². The highest BCUT2D eigenvalue weighted by Crippen LogP contribution is 2.09. The Morgan fingerprint density at radius 2 is 2.00 bits per heavy atom. The summed E-state index contributed by atoms with van der Waals surface area (Å²) in [4.78, 5) is 16.8. The molecule has 0 aliphatic carbocycles. The van der Waals surface area contributed by atoms with Gasteiger partial charge in [-0.1, -0.05) is 30.3 Å². The number of aromatic nitrogens is 3. The zero-order chi connectivity index (χ0) is 15.2. The Labute approximate surface area is 132 Å². The van der Waals surface area contributed by atoms with Gasteiger partial charge in [0, 0.05) is 11.4 Å². The fraction of sp³-hybridized carbons (Fsp3) is 0.188. The Hall–Kier alpha value is -2.47. The fourth-order valence-corrected chi connectivity index (χ4v) is 2.80. The first kappa shape index (κ1) is 14.5. The lowest BCUT2D eigenvalue weighted by Crippen LogP contribution is -2.24. The van der Waals surface area contributed by atoms with E-state index in [4.69, 9.17) is 0 Å². The van der Waals surface area contributed by atoms with Crippen LogP contribution in [0.3, 0.4) is 0 Å². The molecule has 0 saturated heterocycles. The van der Waals surface area contributed by atoms with E-state index < -0.39 is 0 Å². The van der Waals surface area contributed by atoms with E-state index in [-0.39, 0.29) is 5.91 Å². The maximum absolute atomic E-state index is 11.8. The molecular weight excluding hydrogens is 296 g/mol. The minimum atomic E-state index is 0.0501. The van der Waals surface area contributed by atoms with Crippen molar-refractivity contribution in [3.8, 4) is 0 Å². The molecule has 0 unspecified atom stereocenters. The molecule has 0 spiro atoms. The van der Waals surface area contributed by atoms with Gasteiger partial charge in [0.1, 0.15) is 12.7 Å². The molecule has 1 amide bonds. The summed E-state index contributed by atoms with van der Waals surface area (Å²) in [6.07, 6.45) is 3.66. The van der Waals surface area contributed by atoms with Gasteiger partial charge in [-0.05, 0) is 22.6 Å². The first-order valence-corrected chi connectivity index (χ1v) is 7.87. The lowest BCUT2D eigenvalue weighted by molar-refractivity contribution is -0.120. The maximum Gasteiger partial charge on any atom is 0.225 e. The van der Waals surface area contributed by atoms with E-state index in [9.17, 15) is 4.79 Å². The van der Waals surface area contributed by atoms with Crippen molar-refractivity contribution in [2.45, 2.75) is 19.5 Å². The van der Waals surface area contributed by atoms with Crippen molar-refractivity contribution in [3.05, 3.63) is 70.4 Å². The number of thiophene rings is 1. The summed E-state index contributed by atoms with van der Waals surface area (Å²) in [7, 11) is 0. The second-order valence-electron chi connectivity index (χ2n) is 4.94. The number of carbonyl (C=O) groups is 1.